The minimum atomic E-state index is -0.306. The van der Waals surface area contributed by atoms with Crippen molar-refractivity contribution in [3.8, 4) is 0 Å². The lowest BCUT2D eigenvalue weighted by Gasteiger charge is -2.64. The van der Waals surface area contributed by atoms with Gasteiger partial charge in [0.2, 0.25) is 23.6 Å². The van der Waals surface area contributed by atoms with Crippen LogP contribution in [-0.2, 0) is 19.2 Å². The Hall–Kier alpha value is -2.12. The molecular formula is C24H40N4O4. The number of rotatable bonds is 10. The molecule has 3 aliphatic carbocycles. The van der Waals surface area contributed by atoms with Crippen LogP contribution in [0.5, 0.6) is 0 Å². The van der Waals surface area contributed by atoms with Crippen LogP contribution in [-0.4, -0.2) is 48.8 Å². The van der Waals surface area contributed by atoms with E-state index in [1.54, 1.807) is 0 Å². The molecule has 3 aliphatic rings. The first-order valence-electron chi connectivity index (χ1n) is 12.2. The molecule has 0 aliphatic heterocycles. The lowest BCUT2D eigenvalue weighted by atomic mass is 9.48. The van der Waals surface area contributed by atoms with Crippen LogP contribution in [0.2, 0.25) is 0 Å². The van der Waals surface area contributed by atoms with Crippen LogP contribution in [0.3, 0.4) is 0 Å². The third-order valence-electron chi connectivity index (χ3n) is 7.84. The number of hydrogen-bond acceptors (Lipinski definition) is 4. The summed E-state index contributed by atoms with van der Waals surface area (Å²) in [5.41, 5.74) is -0.613. The first-order valence-corrected chi connectivity index (χ1v) is 12.2. The Morgan fingerprint density at radius 1 is 0.656 bits per heavy atom. The van der Waals surface area contributed by atoms with E-state index in [1.165, 1.54) is 0 Å². The van der Waals surface area contributed by atoms with E-state index in [1.807, 2.05) is 27.7 Å². The van der Waals surface area contributed by atoms with Gasteiger partial charge in [-0.25, -0.2) is 0 Å². The van der Waals surface area contributed by atoms with E-state index in [0.717, 1.165) is 38.5 Å². The van der Waals surface area contributed by atoms with Gasteiger partial charge in [0.05, 0.1) is 0 Å². The van der Waals surface area contributed by atoms with Crippen molar-refractivity contribution in [2.75, 3.05) is 13.1 Å². The summed E-state index contributed by atoms with van der Waals surface area (Å²) in [5.74, 6) is 0.180. The summed E-state index contributed by atoms with van der Waals surface area (Å²) in [4.78, 5) is 48.8. The summed E-state index contributed by atoms with van der Waals surface area (Å²) < 4.78 is 0. The van der Waals surface area contributed by atoms with E-state index in [4.69, 9.17) is 0 Å². The monoisotopic (exact) mass is 448 g/mol. The molecule has 0 bridgehead atoms. The van der Waals surface area contributed by atoms with Crippen molar-refractivity contribution in [1.29, 1.82) is 0 Å². The van der Waals surface area contributed by atoms with Crippen LogP contribution in [0, 0.1) is 22.7 Å². The third-order valence-corrected chi connectivity index (χ3v) is 7.84. The van der Waals surface area contributed by atoms with E-state index in [2.05, 4.69) is 21.3 Å². The number of hydrogen-bond donors (Lipinski definition) is 4. The number of carbonyl (C=O) groups excluding carboxylic acids is 4. The Morgan fingerprint density at radius 3 is 1.28 bits per heavy atom. The zero-order valence-corrected chi connectivity index (χ0v) is 20.0. The summed E-state index contributed by atoms with van der Waals surface area (Å²) in [6.45, 7) is 8.88. The lowest BCUT2D eigenvalue weighted by molar-refractivity contribution is -0.142. The van der Waals surface area contributed by atoms with Crippen molar-refractivity contribution in [3.63, 3.8) is 0 Å². The Morgan fingerprint density at radius 2 is 1.00 bits per heavy atom. The summed E-state index contributed by atoms with van der Waals surface area (Å²) >= 11 is 0. The van der Waals surface area contributed by atoms with E-state index < -0.39 is 0 Å². The fourth-order valence-electron chi connectivity index (χ4n) is 5.59. The van der Waals surface area contributed by atoms with Gasteiger partial charge in [-0.3, -0.25) is 19.2 Å². The third kappa shape index (κ3) is 5.26. The molecule has 0 atom stereocenters. The van der Waals surface area contributed by atoms with E-state index in [0.29, 0.717) is 13.1 Å². The Labute approximate surface area is 191 Å². The minimum absolute atomic E-state index is 0.0556. The predicted molar refractivity (Wildman–Crippen MR) is 121 cm³/mol. The molecular weight excluding hydrogens is 408 g/mol. The normalized spacial score (nSPS) is 26.0. The molecule has 0 radical (unpaired) electrons. The summed E-state index contributed by atoms with van der Waals surface area (Å²) in [6.07, 6.45) is 6.50. The molecule has 180 valence electrons. The largest absolute Gasteiger partial charge is 0.355 e. The molecule has 4 N–H and O–H groups in total. The summed E-state index contributed by atoms with van der Waals surface area (Å²) in [7, 11) is 0. The molecule has 3 saturated carbocycles. The van der Waals surface area contributed by atoms with Gasteiger partial charge in [-0.05, 0) is 25.7 Å². The van der Waals surface area contributed by atoms with Crippen LogP contribution >= 0.6 is 0 Å². The van der Waals surface area contributed by atoms with Gasteiger partial charge in [0.1, 0.15) is 0 Å². The van der Waals surface area contributed by atoms with Gasteiger partial charge < -0.3 is 21.3 Å². The molecule has 0 spiro atoms. The van der Waals surface area contributed by atoms with Gasteiger partial charge in [0.25, 0.3) is 0 Å². The predicted octanol–water partition coefficient (Wildman–Crippen LogP) is 1.63. The highest BCUT2D eigenvalue weighted by atomic mass is 16.2. The van der Waals surface area contributed by atoms with Crippen molar-refractivity contribution < 1.29 is 19.2 Å². The van der Waals surface area contributed by atoms with Gasteiger partial charge in [-0.1, -0.05) is 40.5 Å². The summed E-state index contributed by atoms with van der Waals surface area (Å²) in [6, 6.07) is -0.179. The summed E-state index contributed by atoms with van der Waals surface area (Å²) in [5, 5.41) is 11.9. The standard InChI is InChI=1S/C24H40N4O4/c1-23(2)21(27-17(29)11-13-25-19(31)15-7-5-8-15)24(3,4)22(23)28-18(30)12-14-26-20(32)16-9-6-10-16/h15-16,21-22H,5-14H2,1-4H3,(H,25,31)(H,26,32)(H,27,29)(H,28,30). The molecule has 8 heteroatoms. The molecule has 4 amide bonds. The van der Waals surface area contributed by atoms with E-state index in [9.17, 15) is 19.2 Å². The van der Waals surface area contributed by atoms with Crippen LogP contribution in [0.4, 0.5) is 0 Å². The second-order valence-corrected chi connectivity index (χ2v) is 11.0. The van der Waals surface area contributed by atoms with Crippen LogP contribution in [0.15, 0.2) is 0 Å². The number of amides is 4. The Balaban J connectivity index is 1.39. The lowest BCUT2D eigenvalue weighted by Crippen LogP contribution is -2.77. The molecule has 0 saturated heterocycles. The molecule has 3 fully saturated rings. The van der Waals surface area contributed by atoms with E-state index in [-0.39, 0.29) is 71.2 Å². The second kappa shape index (κ2) is 9.79. The molecule has 3 rings (SSSR count). The number of carbonyl (C=O) groups is 4. The average molecular weight is 449 g/mol. The van der Waals surface area contributed by atoms with Gasteiger partial charge in [0, 0.05) is 60.7 Å². The smallest absolute Gasteiger partial charge is 0.223 e. The topological polar surface area (TPSA) is 116 Å². The SMILES string of the molecule is CC1(C)C(NC(=O)CCNC(=O)C2CCC2)C(C)(C)C1NC(=O)CCNC(=O)C1CCC1. The molecule has 8 nitrogen and oxygen atoms in total. The highest BCUT2D eigenvalue weighted by Gasteiger charge is 2.62. The zero-order valence-electron chi connectivity index (χ0n) is 20.0. The van der Waals surface area contributed by atoms with Crippen molar-refractivity contribution in [2.24, 2.45) is 22.7 Å². The van der Waals surface area contributed by atoms with Gasteiger partial charge in [0.15, 0.2) is 0 Å². The zero-order chi connectivity index (χ0) is 23.5. The Bertz CT molecular complexity index is 666. The van der Waals surface area contributed by atoms with Crippen molar-refractivity contribution in [1.82, 2.24) is 21.3 Å². The highest BCUT2D eigenvalue weighted by molar-refractivity contribution is 5.82. The maximum atomic E-state index is 12.5. The van der Waals surface area contributed by atoms with E-state index >= 15 is 0 Å². The maximum absolute atomic E-state index is 12.5. The Kier molecular flexibility index (Phi) is 7.50. The molecule has 0 heterocycles. The van der Waals surface area contributed by atoms with Crippen molar-refractivity contribution >= 4 is 23.6 Å². The van der Waals surface area contributed by atoms with Crippen LogP contribution in [0.25, 0.3) is 0 Å². The highest BCUT2D eigenvalue weighted by Crippen LogP contribution is 2.53. The first kappa shape index (κ1) is 24.5. The number of nitrogens with one attached hydrogen (secondary N) is 4. The van der Waals surface area contributed by atoms with Crippen LogP contribution in [0.1, 0.15) is 79.1 Å². The van der Waals surface area contributed by atoms with Gasteiger partial charge >= 0.3 is 0 Å². The van der Waals surface area contributed by atoms with Crippen molar-refractivity contribution in [3.05, 3.63) is 0 Å². The van der Waals surface area contributed by atoms with Crippen LogP contribution < -0.4 is 21.3 Å². The van der Waals surface area contributed by atoms with Gasteiger partial charge in [-0.15, -0.1) is 0 Å². The molecule has 0 aromatic heterocycles. The average Bonchev–Trinajstić information content (AvgIpc) is 2.61. The molecule has 0 unspecified atom stereocenters. The fraction of sp³-hybridized carbons (Fsp3) is 0.833. The fourth-order valence-corrected chi connectivity index (χ4v) is 5.59. The first-order chi connectivity index (χ1) is 15.0. The second-order valence-electron chi connectivity index (χ2n) is 11.0. The molecule has 0 aromatic carbocycles. The molecule has 0 aromatic rings. The quantitative estimate of drug-likeness (QED) is 0.406. The molecule has 32 heavy (non-hydrogen) atoms. The maximum Gasteiger partial charge on any atom is 0.223 e. The minimum Gasteiger partial charge on any atom is -0.355 e. The van der Waals surface area contributed by atoms with Gasteiger partial charge in [-0.2, -0.15) is 0 Å². The van der Waals surface area contributed by atoms with Crippen molar-refractivity contribution in [2.45, 2.75) is 91.1 Å².